The number of tetrazole rings is 1. The van der Waals surface area contributed by atoms with Gasteiger partial charge in [-0.1, -0.05) is 62.4 Å². The molecule has 8 nitrogen and oxygen atoms in total. The molecular formula is C30H32N6O2. The fraction of sp³-hybridized carbons (Fsp3) is 0.267. The molecule has 0 aliphatic carbocycles. The van der Waals surface area contributed by atoms with Gasteiger partial charge < -0.3 is 9.72 Å². The predicted molar refractivity (Wildman–Crippen MR) is 148 cm³/mol. The van der Waals surface area contributed by atoms with Crippen molar-refractivity contribution < 1.29 is 4.74 Å². The fourth-order valence-corrected chi connectivity index (χ4v) is 4.82. The first-order chi connectivity index (χ1) is 18.6. The Hall–Kier alpha value is -4.30. The van der Waals surface area contributed by atoms with E-state index in [-0.39, 0.29) is 5.56 Å². The lowest BCUT2D eigenvalue weighted by molar-refractivity contribution is 0.214. The summed E-state index contributed by atoms with van der Waals surface area (Å²) in [6.45, 7) is 6.03. The van der Waals surface area contributed by atoms with E-state index in [1.807, 2.05) is 54.6 Å². The predicted octanol–water partition coefficient (Wildman–Crippen LogP) is 4.75. The molecule has 5 rings (SSSR count). The molecule has 0 amide bonds. The molecule has 1 N–H and O–H groups in total. The second-order valence-corrected chi connectivity index (χ2v) is 9.32. The molecule has 0 unspecified atom stereocenters. The second kappa shape index (κ2) is 11.4. The van der Waals surface area contributed by atoms with Gasteiger partial charge in [0, 0.05) is 17.6 Å². The van der Waals surface area contributed by atoms with Gasteiger partial charge in [-0.2, -0.15) is 0 Å². The molecule has 0 saturated heterocycles. The van der Waals surface area contributed by atoms with Crippen molar-refractivity contribution in [3.05, 3.63) is 117 Å². The van der Waals surface area contributed by atoms with Gasteiger partial charge in [0.25, 0.3) is 5.56 Å². The molecule has 3 aromatic carbocycles. The van der Waals surface area contributed by atoms with E-state index in [4.69, 9.17) is 4.74 Å². The number of methoxy groups -OCH3 is 1. The van der Waals surface area contributed by atoms with Crippen LogP contribution in [0.3, 0.4) is 0 Å². The van der Waals surface area contributed by atoms with Gasteiger partial charge in [0.05, 0.1) is 13.7 Å². The Bertz CT molecular complexity index is 1560. The number of pyridine rings is 1. The molecule has 5 aromatic rings. The molecule has 194 valence electrons. The molecule has 0 saturated carbocycles. The van der Waals surface area contributed by atoms with E-state index in [1.54, 1.807) is 11.8 Å². The number of aromatic amines is 1. The number of ether oxygens (including phenoxy) is 1. The molecule has 0 radical (unpaired) electrons. The van der Waals surface area contributed by atoms with Crippen molar-refractivity contribution in [1.29, 1.82) is 0 Å². The standard InChI is InChI=1S/C30H32N6O2/c1-4-21-13-16-27-24(17-21)18-26(30(37)31-27)28(35(5-2)19-22-9-7-6-8-10-22)29-32-33-34-36(29)20-23-11-14-25(38-3)15-12-23/h6-18,28H,4-5,19-20H2,1-3H3,(H,31,37)/t28-/m0/s1. The first-order valence-corrected chi connectivity index (χ1v) is 12.9. The van der Waals surface area contributed by atoms with Crippen LogP contribution in [0.1, 0.15) is 48.0 Å². The first kappa shape index (κ1) is 25.4. The minimum Gasteiger partial charge on any atom is -0.497 e. The van der Waals surface area contributed by atoms with Crippen molar-refractivity contribution in [3.63, 3.8) is 0 Å². The summed E-state index contributed by atoms with van der Waals surface area (Å²) < 4.78 is 7.08. The minimum atomic E-state index is -0.452. The van der Waals surface area contributed by atoms with E-state index in [0.717, 1.165) is 34.2 Å². The zero-order chi connectivity index (χ0) is 26.5. The molecule has 8 heteroatoms. The Labute approximate surface area is 221 Å². The number of aryl methyl sites for hydroxylation is 1. The summed E-state index contributed by atoms with van der Waals surface area (Å²) in [7, 11) is 1.65. The number of benzene rings is 3. The Balaban J connectivity index is 1.62. The van der Waals surface area contributed by atoms with E-state index >= 15 is 0 Å². The molecule has 0 aliphatic heterocycles. The average Bonchev–Trinajstić information content (AvgIpc) is 3.41. The van der Waals surface area contributed by atoms with Crippen LogP contribution in [0.2, 0.25) is 0 Å². The highest BCUT2D eigenvalue weighted by Gasteiger charge is 2.30. The van der Waals surface area contributed by atoms with Gasteiger partial charge in [-0.25, -0.2) is 4.68 Å². The number of hydrogen-bond donors (Lipinski definition) is 1. The van der Waals surface area contributed by atoms with Crippen LogP contribution in [0.15, 0.2) is 83.7 Å². The normalized spacial score (nSPS) is 12.2. The molecule has 2 heterocycles. The number of hydrogen-bond acceptors (Lipinski definition) is 6. The smallest absolute Gasteiger partial charge is 0.253 e. The minimum absolute atomic E-state index is 0.141. The van der Waals surface area contributed by atoms with E-state index < -0.39 is 6.04 Å². The Morgan fingerprint density at radius 2 is 1.71 bits per heavy atom. The van der Waals surface area contributed by atoms with Crippen LogP contribution in [-0.4, -0.2) is 43.7 Å². The van der Waals surface area contributed by atoms with Gasteiger partial charge in [0.2, 0.25) is 0 Å². The maximum absolute atomic E-state index is 13.6. The van der Waals surface area contributed by atoms with Gasteiger partial charge in [-0.05, 0) is 75.8 Å². The summed E-state index contributed by atoms with van der Waals surface area (Å²) >= 11 is 0. The van der Waals surface area contributed by atoms with Crippen molar-refractivity contribution in [2.75, 3.05) is 13.7 Å². The quantitative estimate of drug-likeness (QED) is 0.293. The van der Waals surface area contributed by atoms with Crippen molar-refractivity contribution in [2.24, 2.45) is 0 Å². The highest BCUT2D eigenvalue weighted by molar-refractivity contribution is 5.80. The maximum Gasteiger partial charge on any atom is 0.253 e. The second-order valence-electron chi connectivity index (χ2n) is 9.32. The third kappa shape index (κ3) is 5.35. The Kier molecular flexibility index (Phi) is 7.60. The molecule has 2 aromatic heterocycles. The third-order valence-corrected chi connectivity index (χ3v) is 6.94. The summed E-state index contributed by atoms with van der Waals surface area (Å²) in [5.74, 6) is 1.41. The topological polar surface area (TPSA) is 88.9 Å². The molecule has 1 atom stereocenters. The lowest BCUT2D eigenvalue weighted by Gasteiger charge is -2.30. The third-order valence-electron chi connectivity index (χ3n) is 6.94. The van der Waals surface area contributed by atoms with E-state index in [1.165, 1.54) is 5.56 Å². The Morgan fingerprint density at radius 3 is 2.42 bits per heavy atom. The summed E-state index contributed by atoms with van der Waals surface area (Å²) in [4.78, 5) is 18.9. The average molecular weight is 509 g/mol. The molecule has 0 spiro atoms. The van der Waals surface area contributed by atoms with Crippen molar-refractivity contribution >= 4 is 10.9 Å². The monoisotopic (exact) mass is 508 g/mol. The SMILES string of the molecule is CCc1ccc2[nH]c(=O)c([C@@H](c3nnnn3Cc3ccc(OC)cc3)N(CC)Cc3ccccc3)cc2c1. The van der Waals surface area contributed by atoms with Crippen LogP contribution in [0.5, 0.6) is 5.75 Å². The highest BCUT2D eigenvalue weighted by atomic mass is 16.5. The lowest BCUT2D eigenvalue weighted by Crippen LogP contribution is -2.35. The number of fused-ring (bicyclic) bond motifs is 1. The zero-order valence-electron chi connectivity index (χ0n) is 22.0. The summed E-state index contributed by atoms with van der Waals surface area (Å²) in [6, 6.07) is 25.8. The molecule has 0 bridgehead atoms. The van der Waals surface area contributed by atoms with E-state index in [0.29, 0.717) is 31.0 Å². The number of aromatic nitrogens is 5. The van der Waals surface area contributed by atoms with Crippen molar-refractivity contribution in [1.82, 2.24) is 30.1 Å². The van der Waals surface area contributed by atoms with Gasteiger partial charge in [0.15, 0.2) is 5.82 Å². The number of nitrogens with one attached hydrogen (secondary N) is 1. The highest BCUT2D eigenvalue weighted by Crippen LogP contribution is 2.29. The van der Waals surface area contributed by atoms with Crippen LogP contribution >= 0.6 is 0 Å². The van der Waals surface area contributed by atoms with Crippen molar-refractivity contribution in [3.8, 4) is 5.75 Å². The molecule has 0 fully saturated rings. The van der Waals surface area contributed by atoms with Crippen LogP contribution in [0, 0.1) is 0 Å². The van der Waals surface area contributed by atoms with E-state index in [2.05, 4.69) is 63.5 Å². The summed E-state index contributed by atoms with van der Waals surface area (Å²) in [6.07, 6.45) is 0.920. The summed E-state index contributed by atoms with van der Waals surface area (Å²) in [5, 5.41) is 13.8. The van der Waals surface area contributed by atoms with Gasteiger partial charge in [-0.15, -0.1) is 5.10 Å². The van der Waals surface area contributed by atoms with Crippen LogP contribution < -0.4 is 10.3 Å². The van der Waals surface area contributed by atoms with Gasteiger partial charge in [-0.3, -0.25) is 9.69 Å². The van der Waals surface area contributed by atoms with Crippen molar-refractivity contribution in [2.45, 2.75) is 39.4 Å². The Morgan fingerprint density at radius 1 is 0.947 bits per heavy atom. The van der Waals surface area contributed by atoms with Crippen LogP contribution in [-0.2, 0) is 19.5 Å². The van der Waals surface area contributed by atoms with Gasteiger partial charge >= 0.3 is 0 Å². The lowest BCUT2D eigenvalue weighted by atomic mass is 10.0. The largest absolute Gasteiger partial charge is 0.497 e. The van der Waals surface area contributed by atoms with E-state index in [9.17, 15) is 4.79 Å². The van der Waals surface area contributed by atoms with Crippen LogP contribution in [0.25, 0.3) is 10.9 Å². The number of nitrogens with zero attached hydrogens (tertiary/aromatic N) is 5. The number of H-pyrrole nitrogens is 1. The zero-order valence-corrected chi connectivity index (χ0v) is 22.0. The first-order valence-electron chi connectivity index (χ1n) is 12.9. The molecule has 0 aliphatic rings. The fourth-order valence-electron chi connectivity index (χ4n) is 4.82. The van der Waals surface area contributed by atoms with Gasteiger partial charge in [0.1, 0.15) is 11.8 Å². The number of rotatable bonds is 10. The molecular weight excluding hydrogens is 476 g/mol. The van der Waals surface area contributed by atoms with Crippen LogP contribution in [0.4, 0.5) is 0 Å². The molecule has 38 heavy (non-hydrogen) atoms. The maximum atomic E-state index is 13.6. The summed E-state index contributed by atoms with van der Waals surface area (Å²) in [5.41, 5.74) is 4.70.